The number of nitrogens with zero attached hydrogens (tertiary/aromatic N) is 1. The first-order valence-corrected chi connectivity index (χ1v) is 6.10. The van der Waals surface area contributed by atoms with Gasteiger partial charge >= 0.3 is 12.0 Å². The number of nitrogens with two attached hydrogens (primary N) is 1. The minimum Gasteiger partial charge on any atom is -0.480 e. The highest BCUT2D eigenvalue weighted by Crippen LogP contribution is 2.11. The Bertz CT molecular complexity index is 515. The Morgan fingerprint density at radius 1 is 1.29 bits per heavy atom. The molecule has 0 unspecified atom stereocenters. The van der Waals surface area contributed by atoms with E-state index in [1.165, 1.54) is 36.3 Å². The van der Waals surface area contributed by atoms with Gasteiger partial charge in [-0.3, -0.25) is 9.59 Å². The molecule has 0 aromatic heterocycles. The molecule has 0 saturated carbocycles. The minimum absolute atomic E-state index is 0.170. The second kappa shape index (κ2) is 7.85. The summed E-state index contributed by atoms with van der Waals surface area (Å²) in [4.78, 5) is 34.9. The lowest BCUT2D eigenvalue weighted by molar-refractivity contribution is -0.137. The second-order valence-corrected chi connectivity index (χ2v) is 4.18. The van der Waals surface area contributed by atoms with Crippen LogP contribution in [0.25, 0.3) is 0 Å². The third-order valence-electron chi connectivity index (χ3n) is 2.58. The number of benzene rings is 1. The molecule has 8 heteroatoms. The second-order valence-electron chi connectivity index (χ2n) is 4.18. The van der Waals surface area contributed by atoms with Crippen LogP contribution in [0.3, 0.4) is 0 Å². The van der Waals surface area contributed by atoms with E-state index in [-0.39, 0.29) is 13.2 Å². The molecule has 0 atom stereocenters. The number of carboxylic acids is 1. The molecule has 1 rings (SSSR count). The number of carbonyl (C=O) groups excluding carboxylic acids is 2. The van der Waals surface area contributed by atoms with Crippen molar-refractivity contribution in [3.63, 3.8) is 0 Å². The summed E-state index contributed by atoms with van der Waals surface area (Å²) in [6, 6.07) is 5.27. The summed E-state index contributed by atoms with van der Waals surface area (Å²) in [6.07, 6.45) is 0. The molecule has 0 aliphatic heterocycles. The van der Waals surface area contributed by atoms with Gasteiger partial charge in [-0.25, -0.2) is 4.79 Å². The molecule has 0 spiro atoms. The number of carboxylic acid groups (broad SMARTS) is 1. The zero-order valence-corrected chi connectivity index (χ0v) is 11.5. The number of ether oxygens (including phenoxy) is 1. The van der Waals surface area contributed by atoms with Gasteiger partial charge in [-0.05, 0) is 24.3 Å². The van der Waals surface area contributed by atoms with Gasteiger partial charge in [0, 0.05) is 24.9 Å². The molecule has 0 fully saturated rings. The first-order valence-electron chi connectivity index (χ1n) is 6.10. The van der Waals surface area contributed by atoms with Crippen LogP contribution in [-0.4, -0.2) is 54.7 Å². The van der Waals surface area contributed by atoms with Gasteiger partial charge < -0.3 is 25.8 Å². The van der Waals surface area contributed by atoms with E-state index in [9.17, 15) is 14.4 Å². The van der Waals surface area contributed by atoms with Crippen molar-refractivity contribution in [3.8, 4) is 0 Å². The molecule has 0 aliphatic rings. The Morgan fingerprint density at radius 2 is 1.90 bits per heavy atom. The molecule has 8 nitrogen and oxygen atoms in total. The van der Waals surface area contributed by atoms with Crippen molar-refractivity contribution in [1.29, 1.82) is 0 Å². The highest BCUT2D eigenvalue weighted by Gasteiger charge is 2.18. The van der Waals surface area contributed by atoms with E-state index in [4.69, 9.17) is 15.6 Å². The monoisotopic (exact) mass is 295 g/mol. The summed E-state index contributed by atoms with van der Waals surface area (Å²) in [5.41, 5.74) is 5.73. The van der Waals surface area contributed by atoms with E-state index in [2.05, 4.69) is 5.32 Å². The molecule has 0 radical (unpaired) electrons. The Balaban J connectivity index is 2.82. The highest BCUT2D eigenvalue weighted by molar-refractivity contribution is 5.96. The summed E-state index contributed by atoms with van der Waals surface area (Å²) in [5, 5.41) is 11.2. The van der Waals surface area contributed by atoms with Gasteiger partial charge in [0.05, 0.1) is 6.61 Å². The van der Waals surface area contributed by atoms with Crippen LogP contribution in [0.2, 0.25) is 0 Å². The highest BCUT2D eigenvalue weighted by atomic mass is 16.5. The molecule has 0 aliphatic carbocycles. The van der Waals surface area contributed by atoms with Crippen molar-refractivity contribution in [3.05, 3.63) is 29.8 Å². The Labute approximate surface area is 121 Å². The van der Waals surface area contributed by atoms with Gasteiger partial charge in [-0.2, -0.15) is 0 Å². The van der Waals surface area contributed by atoms with Gasteiger partial charge in [0.2, 0.25) is 0 Å². The van der Waals surface area contributed by atoms with Crippen LogP contribution >= 0.6 is 0 Å². The standard InChI is InChI=1S/C13H17N3O5/c1-21-7-6-16(8-11(17)18)12(19)9-2-4-10(5-3-9)15-13(14)20/h2-5H,6-8H2,1H3,(H,17,18)(H3,14,15,20). The SMILES string of the molecule is COCCN(CC(=O)O)C(=O)c1ccc(NC(N)=O)cc1. The molecular formula is C13H17N3O5. The number of primary amides is 1. The number of rotatable bonds is 7. The van der Waals surface area contributed by atoms with Gasteiger partial charge in [-0.1, -0.05) is 0 Å². The zero-order chi connectivity index (χ0) is 15.8. The largest absolute Gasteiger partial charge is 0.480 e. The van der Waals surface area contributed by atoms with Crippen LogP contribution in [-0.2, 0) is 9.53 Å². The van der Waals surface area contributed by atoms with E-state index in [0.717, 1.165) is 0 Å². The number of methoxy groups -OCH3 is 1. The lowest BCUT2D eigenvalue weighted by atomic mass is 10.1. The maximum Gasteiger partial charge on any atom is 0.323 e. The maximum absolute atomic E-state index is 12.2. The van der Waals surface area contributed by atoms with Crippen LogP contribution in [0.15, 0.2) is 24.3 Å². The number of amides is 3. The lowest BCUT2D eigenvalue weighted by Crippen LogP contribution is -2.38. The van der Waals surface area contributed by atoms with Crippen molar-refractivity contribution in [1.82, 2.24) is 4.90 Å². The van der Waals surface area contributed by atoms with Gasteiger partial charge in [0.15, 0.2) is 0 Å². The third-order valence-corrected chi connectivity index (χ3v) is 2.58. The number of anilines is 1. The van der Waals surface area contributed by atoms with E-state index >= 15 is 0 Å². The average molecular weight is 295 g/mol. The molecule has 4 N–H and O–H groups in total. The van der Waals surface area contributed by atoms with E-state index in [1.807, 2.05) is 0 Å². The Hall–Kier alpha value is -2.61. The number of urea groups is 1. The summed E-state index contributed by atoms with van der Waals surface area (Å²) < 4.78 is 4.85. The van der Waals surface area contributed by atoms with Gasteiger partial charge in [-0.15, -0.1) is 0 Å². The van der Waals surface area contributed by atoms with Crippen LogP contribution in [0.4, 0.5) is 10.5 Å². The van der Waals surface area contributed by atoms with E-state index in [1.54, 1.807) is 0 Å². The third kappa shape index (κ3) is 5.49. The van der Waals surface area contributed by atoms with Gasteiger partial charge in [0.1, 0.15) is 6.54 Å². The van der Waals surface area contributed by atoms with Crippen molar-refractivity contribution < 1.29 is 24.2 Å². The van der Waals surface area contributed by atoms with Crippen molar-refractivity contribution in [2.45, 2.75) is 0 Å². The zero-order valence-electron chi connectivity index (χ0n) is 11.5. The average Bonchev–Trinajstić information content (AvgIpc) is 2.42. The number of carbonyl (C=O) groups is 3. The molecule has 0 heterocycles. The van der Waals surface area contributed by atoms with Gasteiger partial charge in [0.25, 0.3) is 5.91 Å². The summed E-state index contributed by atoms with van der Waals surface area (Å²) in [6.45, 7) is -0.00721. The van der Waals surface area contributed by atoms with Crippen molar-refractivity contribution in [2.24, 2.45) is 5.73 Å². The fraction of sp³-hybridized carbons (Fsp3) is 0.308. The minimum atomic E-state index is -1.11. The van der Waals surface area contributed by atoms with E-state index in [0.29, 0.717) is 11.3 Å². The summed E-state index contributed by atoms with van der Waals surface area (Å²) in [5.74, 6) is -1.54. The fourth-order valence-electron chi connectivity index (χ4n) is 1.64. The first kappa shape index (κ1) is 16.4. The first-order chi connectivity index (χ1) is 9.93. The molecular weight excluding hydrogens is 278 g/mol. The number of hydrogen-bond acceptors (Lipinski definition) is 4. The maximum atomic E-state index is 12.2. The number of hydrogen-bond donors (Lipinski definition) is 3. The summed E-state index contributed by atoms with van der Waals surface area (Å²) >= 11 is 0. The number of aliphatic carboxylic acids is 1. The van der Waals surface area contributed by atoms with Crippen LogP contribution < -0.4 is 11.1 Å². The molecule has 1 aromatic rings. The van der Waals surface area contributed by atoms with Crippen molar-refractivity contribution in [2.75, 3.05) is 32.1 Å². The van der Waals surface area contributed by atoms with E-state index < -0.39 is 24.5 Å². The topological polar surface area (TPSA) is 122 Å². The van der Waals surface area contributed by atoms with Crippen LogP contribution in [0.1, 0.15) is 10.4 Å². The van der Waals surface area contributed by atoms with Crippen LogP contribution in [0, 0.1) is 0 Å². The van der Waals surface area contributed by atoms with Crippen LogP contribution in [0.5, 0.6) is 0 Å². The normalized spacial score (nSPS) is 9.95. The fourth-order valence-corrected chi connectivity index (χ4v) is 1.64. The number of nitrogens with one attached hydrogen (secondary N) is 1. The van der Waals surface area contributed by atoms with Crippen molar-refractivity contribution >= 4 is 23.6 Å². The molecule has 0 saturated heterocycles. The summed E-state index contributed by atoms with van der Waals surface area (Å²) in [7, 11) is 1.47. The Morgan fingerprint density at radius 3 is 2.38 bits per heavy atom. The predicted octanol–water partition coefficient (Wildman–Crippen LogP) is 0.350. The molecule has 114 valence electrons. The predicted molar refractivity (Wildman–Crippen MR) is 75.1 cm³/mol. The quantitative estimate of drug-likeness (QED) is 0.670. The smallest absolute Gasteiger partial charge is 0.323 e. The Kier molecular flexibility index (Phi) is 6.15. The molecule has 0 bridgehead atoms. The molecule has 21 heavy (non-hydrogen) atoms. The molecule has 3 amide bonds. The molecule has 1 aromatic carbocycles. The lowest BCUT2D eigenvalue weighted by Gasteiger charge is -2.20.